The Hall–Kier alpha value is -2.45. The van der Waals surface area contributed by atoms with Crippen LogP contribution in [0.2, 0.25) is 5.02 Å². The number of carbonyl (C=O) groups is 1. The summed E-state index contributed by atoms with van der Waals surface area (Å²) in [5, 5.41) is 3.30. The Morgan fingerprint density at radius 3 is 2.53 bits per heavy atom. The second-order valence-corrected chi connectivity index (χ2v) is 7.46. The maximum Gasteiger partial charge on any atom is 0.416 e. The predicted molar refractivity (Wildman–Crippen MR) is 111 cm³/mol. The van der Waals surface area contributed by atoms with Crippen molar-refractivity contribution in [2.45, 2.75) is 12.6 Å². The molecule has 2 aromatic carbocycles. The Bertz CT molecular complexity index is 884. The molecule has 0 bridgehead atoms. The standard InChI is InChI=1S/C21H23ClF3N3O2/c1-30-19-6-5-16(22)14-18(19)26-20(29)7-8-27-9-11-28(12-10-27)17-4-2-3-15(13-17)21(23,24)25/h2-6,13-14H,7-12H2,1H3,(H,26,29). The van der Waals surface area contributed by atoms with Crippen LogP contribution in [-0.4, -0.2) is 50.6 Å². The number of nitrogens with zero attached hydrogens (tertiary/aromatic N) is 2. The summed E-state index contributed by atoms with van der Waals surface area (Å²) in [6.45, 7) is 3.11. The van der Waals surface area contributed by atoms with Crippen LogP contribution >= 0.6 is 11.6 Å². The van der Waals surface area contributed by atoms with Crippen LogP contribution in [0.25, 0.3) is 0 Å². The minimum Gasteiger partial charge on any atom is -0.495 e. The third-order valence-electron chi connectivity index (χ3n) is 5.00. The molecule has 1 N–H and O–H groups in total. The topological polar surface area (TPSA) is 44.8 Å². The van der Waals surface area contributed by atoms with Gasteiger partial charge in [0.25, 0.3) is 0 Å². The molecule has 0 spiro atoms. The summed E-state index contributed by atoms with van der Waals surface area (Å²) in [5.74, 6) is 0.373. The molecule has 2 aromatic rings. The zero-order chi connectivity index (χ0) is 21.7. The van der Waals surface area contributed by atoms with Crippen molar-refractivity contribution in [3.05, 3.63) is 53.1 Å². The Kier molecular flexibility index (Phi) is 7.10. The first-order valence-corrected chi connectivity index (χ1v) is 9.92. The quantitative estimate of drug-likeness (QED) is 0.716. The van der Waals surface area contributed by atoms with Gasteiger partial charge in [0.1, 0.15) is 5.75 Å². The van der Waals surface area contributed by atoms with Gasteiger partial charge in [0.2, 0.25) is 5.91 Å². The molecule has 1 saturated heterocycles. The van der Waals surface area contributed by atoms with Crippen LogP contribution < -0.4 is 15.0 Å². The van der Waals surface area contributed by atoms with E-state index in [0.29, 0.717) is 61.3 Å². The van der Waals surface area contributed by atoms with Gasteiger partial charge in [0.15, 0.2) is 0 Å². The number of rotatable bonds is 6. The first-order chi connectivity index (χ1) is 14.3. The Morgan fingerprint density at radius 2 is 1.87 bits per heavy atom. The average Bonchev–Trinajstić information content (AvgIpc) is 2.72. The molecule has 9 heteroatoms. The molecule has 5 nitrogen and oxygen atoms in total. The number of benzene rings is 2. The highest BCUT2D eigenvalue weighted by Crippen LogP contribution is 2.32. The third kappa shape index (κ3) is 5.79. The van der Waals surface area contributed by atoms with Gasteiger partial charge < -0.3 is 15.0 Å². The van der Waals surface area contributed by atoms with Gasteiger partial charge in [-0.2, -0.15) is 13.2 Å². The summed E-state index contributed by atoms with van der Waals surface area (Å²) in [6.07, 6.45) is -4.06. The van der Waals surface area contributed by atoms with Gasteiger partial charge >= 0.3 is 6.18 Å². The fourth-order valence-corrected chi connectivity index (χ4v) is 3.53. The monoisotopic (exact) mass is 441 g/mol. The van der Waals surface area contributed by atoms with E-state index >= 15 is 0 Å². The van der Waals surface area contributed by atoms with E-state index in [1.54, 1.807) is 24.3 Å². The Morgan fingerprint density at radius 1 is 1.13 bits per heavy atom. The van der Waals surface area contributed by atoms with Crippen LogP contribution in [0.15, 0.2) is 42.5 Å². The summed E-state index contributed by atoms with van der Waals surface area (Å²) >= 11 is 5.97. The lowest BCUT2D eigenvalue weighted by atomic mass is 10.1. The van der Waals surface area contributed by atoms with E-state index in [4.69, 9.17) is 16.3 Å². The number of methoxy groups -OCH3 is 1. The highest BCUT2D eigenvalue weighted by molar-refractivity contribution is 6.31. The third-order valence-corrected chi connectivity index (χ3v) is 5.24. The number of hydrogen-bond donors (Lipinski definition) is 1. The highest BCUT2D eigenvalue weighted by Gasteiger charge is 2.31. The van der Waals surface area contributed by atoms with Crippen molar-refractivity contribution in [1.29, 1.82) is 0 Å². The van der Waals surface area contributed by atoms with Crippen molar-refractivity contribution in [3.8, 4) is 5.75 Å². The van der Waals surface area contributed by atoms with Crippen LogP contribution in [0.4, 0.5) is 24.5 Å². The zero-order valence-electron chi connectivity index (χ0n) is 16.5. The molecule has 1 heterocycles. The minimum absolute atomic E-state index is 0.157. The summed E-state index contributed by atoms with van der Waals surface area (Å²) in [6, 6.07) is 10.4. The lowest BCUT2D eigenvalue weighted by Crippen LogP contribution is -2.47. The number of nitrogens with one attached hydrogen (secondary N) is 1. The lowest BCUT2D eigenvalue weighted by Gasteiger charge is -2.36. The van der Waals surface area contributed by atoms with Crippen molar-refractivity contribution in [2.24, 2.45) is 0 Å². The van der Waals surface area contributed by atoms with Crippen LogP contribution in [0.5, 0.6) is 5.75 Å². The summed E-state index contributed by atoms with van der Waals surface area (Å²) < 4.78 is 44.0. The molecule has 3 rings (SSSR count). The van der Waals surface area contributed by atoms with E-state index in [2.05, 4.69) is 10.2 Å². The number of alkyl halides is 3. The number of halogens is 4. The van der Waals surface area contributed by atoms with Crippen LogP contribution in [-0.2, 0) is 11.0 Å². The summed E-state index contributed by atoms with van der Waals surface area (Å²) in [4.78, 5) is 16.4. The number of piperazine rings is 1. The minimum atomic E-state index is -4.35. The molecule has 0 atom stereocenters. The van der Waals surface area contributed by atoms with Crippen molar-refractivity contribution < 1.29 is 22.7 Å². The van der Waals surface area contributed by atoms with E-state index in [-0.39, 0.29) is 5.91 Å². The first-order valence-electron chi connectivity index (χ1n) is 9.54. The maximum atomic E-state index is 12.9. The number of hydrogen-bond acceptors (Lipinski definition) is 4. The van der Waals surface area contributed by atoms with E-state index < -0.39 is 11.7 Å². The van der Waals surface area contributed by atoms with Gasteiger partial charge in [-0.3, -0.25) is 9.69 Å². The summed E-state index contributed by atoms with van der Waals surface area (Å²) in [7, 11) is 1.52. The molecule has 1 aliphatic rings. The molecule has 0 aliphatic carbocycles. The molecule has 0 saturated carbocycles. The average molecular weight is 442 g/mol. The van der Waals surface area contributed by atoms with E-state index in [0.717, 1.165) is 6.07 Å². The molecule has 30 heavy (non-hydrogen) atoms. The lowest BCUT2D eigenvalue weighted by molar-refractivity contribution is -0.137. The second-order valence-electron chi connectivity index (χ2n) is 7.02. The maximum absolute atomic E-state index is 12.9. The normalized spacial score (nSPS) is 15.2. The number of amides is 1. The van der Waals surface area contributed by atoms with Gasteiger partial charge in [-0.05, 0) is 36.4 Å². The van der Waals surface area contributed by atoms with Gasteiger partial charge in [-0.15, -0.1) is 0 Å². The van der Waals surface area contributed by atoms with E-state index in [9.17, 15) is 18.0 Å². The molecular formula is C21H23ClF3N3O2. The van der Waals surface area contributed by atoms with Crippen molar-refractivity contribution in [1.82, 2.24) is 4.90 Å². The predicted octanol–water partition coefficient (Wildman–Crippen LogP) is 4.52. The molecular weight excluding hydrogens is 419 g/mol. The van der Waals surface area contributed by atoms with Crippen molar-refractivity contribution in [2.75, 3.05) is 50.1 Å². The van der Waals surface area contributed by atoms with E-state index in [1.807, 2.05) is 4.90 Å². The SMILES string of the molecule is COc1ccc(Cl)cc1NC(=O)CCN1CCN(c2cccc(C(F)(F)F)c2)CC1. The van der Waals surface area contributed by atoms with Gasteiger partial charge in [-0.1, -0.05) is 17.7 Å². The van der Waals surface area contributed by atoms with Crippen LogP contribution in [0, 0.1) is 0 Å². The number of carbonyl (C=O) groups excluding carboxylic acids is 1. The molecule has 1 fully saturated rings. The number of ether oxygens (including phenoxy) is 1. The fraction of sp³-hybridized carbons (Fsp3) is 0.381. The van der Waals surface area contributed by atoms with Gasteiger partial charge in [0.05, 0.1) is 18.4 Å². The zero-order valence-corrected chi connectivity index (χ0v) is 17.3. The van der Waals surface area contributed by atoms with Crippen molar-refractivity contribution in [3.63, 3.8) is 0 Å². The largest absolute Gasteiger partial charge is 0.495 e. The molecule has 1 amide bonds. The first kappa shape index (κ1) is 22.2. The molecule has 0 unspecified atom stereocenters. The molecule has 1 aliphatic heterocycles. The summed E-state index contributed by atoms with van der Waals surface area (Å²) in [5.41, 5.74) is 0.440. The van der Waals surface area contributed by atoms with Gasteiger partial charge in [-0.25, -0.2) is 0 Å². The Labute approximate surface area is 178 Å². The van der Waals surface area contributed by atoms with E-state index in [1.165, 1.54) is 19.2 Å². The number of anilines is 2. The molecule has 0 radical (unpaired) electrons. The highest BCUT2D eigenvalue weighted by atomic mass is 35.5. The fourth-order valence-electron chi connectivity index (χ4n) is 3.36. The van der Waals surface area contributed by atoms with Crippen LogP contribution in [0.3, 0.4) is 0 Å². The van der Waals surface area contributed by atoms with Crippen LogP contribution in [0.1, 0.15) is 12.0 Å². The van der Waals surface area contributed by atoms with Crippen molar-refractivity contribution >= 4 is 28.9 Å². The smallest absolute Gasteiger partial charge is 0.416 e. The molecule has 0 aromatic heterocycles. The Balaban J connectivity index is 1.48. The second kappa shape index (κ2) is 9.57. The molecule has 162 valence electrons. The van der Waals surface area contributed by atoms with Gasteiger partial charge in [0, 0.05) is 49.9 Å².